The van der Waals surface area contributed by atoms with Gasteiger partial charge in [-0.1, -0.05) is 24.6 Å². The minimum Gasteiger partial charge on any atom is -0.420 e. The van der Waals surface area contributed by atoms with E-state index in [9.17, 15) is 4.79 Å². The number of anilines is 1. The molecule has 27 heavy (non-hydrogen) atoms. The normalized spacial score (nSPS) is 12.6. The molecule has 0 unspecified atom stereocenters. The second-order valence-electron chi connectivity index (χ2n) is 5.74. The Kier molecular flexibility index (Phi) is 9.20. The summed E-state index contributed by atoms with van der Waals surface area (Å²) in [6.07, 6.45) is 3.97. The predicted molar refractivity (Wildman–Crippen MR) is 105 cm³/mol. The molecule has 1 aromatic heterocycles. The smallest absolute Gasteiger partial charge is 0.322 e. The summed E-state index contributed by atoms with van der Waals surface area (Å²) in [6, 6.07) is 2.78. The average Bonchev–Trinajstić information content (AvgIpc) is 2.63. The van der Waals surface area contributed by atoms with Gasteiger partial charge in [-0.2, -0.15) is 0 Å². The van der Waals surface area contributed by atoms with Crippen LogP contribution < -0.4 is 21.1 Å². The van der Waals surface area contributed by atoms with Gasteiger partial charge in [0.15, 0.2) is 11.6 Å². The van der Waals surface area contributed by atoms with Crippen LogP contribution in [0.4, 0.5) is 10.1 Å². The first kappa shape index (κ1) is 22.9. The highest BCUT2D eigenvalue weighted by atomic mass is 35.5. The Balaban J connectivity index is 0.00000364. The van der Waals surface area contributed by atoms with E-state index in [1.54, 1.807) is 12.1 Å². The van der Waals surface area contributed by atoms with Crippen molar-refractivity contribution in [3.63, 3.8) is 0 Å². The van der Waals surface area contributed by atoms with E-state index < -0.39 is 5.82 Å². The number of nitrogens with one attached hydrogen (secondary N) is 2. The topological polar surface area (TPSA) is 102 Å². The summed E-state index contributed by atoms with van der Waals surface area (Å²) < 4.78 is 20.5. The van der Waals surface area contributed by atoms with Crippen molar-refractivity contribution in [2.45, 2.75) is 32.4 Å². The Labute approximate surface area is 168 Å². The van der Waals surface area contributed by atoms with Crippen LogP contribution in [0, 0.1) is 5.82 Å². The monoisotopic (exact) mass is 417 g/mol. The highest BCUT2D eigenvalue weighted by Gasteiger charge is 2.22. The standard InChI is InChI=1S/C17H21ClFN5O2.ClH/c1-3-14(24-10(2)6-21-9-25)12-4-5-13(18)16(15(12)19)26-17-22-7-11(20)8-23-17;/h4-5,7-10,14,24H,3,6,20H2,1-2H3,(H,21,25);1H/t10-,14+;/m0./s1. The van der Waals surface area contributed by atoms with Gasteiger partial charge in [0.2, 0.25) is 6.41 Å². The third-order valence-electron chi connectivity index (χ3n) is 3.70. The molecule has 10 heteroatoms. The maximum atomic E-state index is 15.0. The number of nitrogens with two attached hydrogens (primary N) is 1. The SMILES string of the molecule is CC[C@@H](N[C@@H](C)CNC=O)c1ccc(Cl)c(Oc2ncc(N)cn2)c1F.Cl. The summed E-state index contributed by atoms with van der Waals surface area (Å²) >= 11 is 6.09. The summed E-state index contributed by atoms with van der Waals surface area (Å²) in [7, 11) is 0. The van der Waals surface area contributed by atoms with Crippen molar-refractivity contribution < 1.29 is 13.9 Å². The summed E-state index contributed by atoms with van der Waals surface area (Å²) in [6.45, 7) is 4.25. The molecule has 0 aliphatic carbocycles. The Morgan fingerprint density at radius 1 is 1.37 bits per heavy atom. The van der Waals surface area contributed by atoms with E-state index in [1.807, 2.05) is 13.8 Å². The van der Waals surface area contributed by atoms with Crippen LogP contribution in [0.5, 0.6) is 11.8 Å². The van der Waals surface area contributed by atoms with E-state index in [2.05, 4.69) is 20.6 Å². The molecule has 0 fully saturated rings. The van der Waals surface area contributed by atoms with Crippen LogP contribution in [0.25, 0.3) is 0 Å². The van der Waals surface area contributed by atoms with Gasteiger partial charge in [0.05, 0.1) is 23.1 Å². The number of nitrogens with zero attached hydrogens (tertiary/aromatic N) is 2. The van der Waals surface area contributed by atoms with Crippen LogP contribution in [0.15, 0.2) is 24.5 Å². The zero-order valence-corrected chi connectivity index (χ0v) is 16.5. The van der Waals surface area contributed by atoms with Crippen molar-refractivity contribution in [1.29, 1.82) is 0 Å². The molecule has 0 bridgehead atoms. The number of benzene rings is 1. The fourth-order valence-corrected chi connectivity index (χ4v) is 2.62. The minimum absolute atomic E-state index is 0. The van der Waals surface area contributed by atoms with Crippen molar-refractivity contribution in [2.24, 2.45) is 0 Å². The van der Waals surface area contributed by atoms with Gasteiger partial charge < -0.3 is 21.1 Å². The molecular weight excluding hydrogens is 396 g/mol. The number of ether oxygens (including phenoxy) is 1. The van der Waals surface area contributed by atoms with Crippen LogP contribution in [-0.2, 0) is 4.79 Å². The predicted octanol–water partition coefficient (Wildman–Crippen LogP) is 3.24. The minimum atomic E-state index is -0.590. The quantitative estimate of drug-likeness (QED) is 0.541. The highest BCUT2D eigenvalue weighted by molar-refractivity contribution is 6.32. The summed E-state index contributed by atoms with van der Waals surface area (Å²) in [5.41, 5.74) is 6.30. The number of aromatic nitrogens is 2. The molecule has 1 amide bonds. The molecule has 0 aliphatic heterocycles. The molecule has 1 aromatic carbocycles. The van der Waals surface area contributed by atoms with Gasteiger partial charge in [-0.25, -0.2) is 14.4 Å². The van der Waals surface area contributed by atoms with Crippen LogP contribution in [0.1, 0.15) is 31.9 Å². The summed E-state index contributed by atoms with van der Waals surface area (Å²) in [5.74, 6) is -0.735. The summed E-state index contributed by atoms with van der Waals surface area (Å²) in [5, 5.41) is 5.97. The van der Waals surface area contributed by atoms with E-state index >= 15 is 4.39 Å². The van der Waals surface area contributed by atoms with Gasteiger partial charge in [0.25, 0.3) is 0 Å². The summed E-state index contributed by atoms with van der Waals surface area (Å²) in [4.78, 5) is 18.2. The first-order chi connectivity index (χ1) is 12.5. The van der Waals surface area contributed by atoms with Gasteiger partial charge in [-0.3, -0.25) is 4.79 Å². The number of rotatable bonds is 9. The molecule has 0 spiro atoms. The van der Waals surface area contributed by atoms with Gasteiger partial charge in [0.1, 0.15) is 0 Å². The second kappa shape index (κ2) is 10.9. The lowest BCUT2D eigenvalue weighted by molar-refractivity contribution is -0.109. The third kappa shape index (κ3) is 6.20. The molecule has 4 N–H and O–H groups in total. The maximum Gasteiger partial charge on any atom is 0.322 e. The molecule has 0 saturated carbocycles. The number of hydrogen-bond donors (Lipinski definition) is 3. The Bertz CT molecular complexity index is 749. The highest BCUT2D eigenvalue weighted by Crippen LogP contribution is 2.35. The average molecular weight is 418 g/mol. The molecule has 2 atom stereocenters. The van der Waals surface area contributed by atoms with E-state index in [1.165, 1.54) is 12.4 Å². The second-order valence-corrected chi connectivity index (χ2v) is 6.14. The van der Waals surface area contributed by atoms with E-state index in [0.29, 0.717) is 30.6 Å². The number of carbonyl (C=O) groups excluding carboxylic acids is 1. The Hall–Kier alpha value is -2.16. The molecule has 7 nitrogen and oxygen atoms in total. The lowest BCUT2D eigenvalue weighted by Crippen LogP contribution is -2.38. The maximum absolute atomic E-state index is 15.0. The zero-order chi connectivity index (χ0) is 19.1. The van der Waals surface area contributed by atoms with Crippen LogP contribution in [0.3, 0.4) is 0 Å². The van der Waals surface area contributed by atoms with Gasteiger partial charge >= 0.3 is 6.01 Å². The van der Waals surface area contributed by atoms with Crippen LogP contribution >= 0.6 is 24.0 Å². The number of hydrogen-bond acceptors (Lipinski definition) is 6. The molecular formula is C17H22Cl2FN5O2. The first-order valence-electron chi connectivity index (χ1n) is 8.12. The van der Waals surface area contributed by atoms with Crippen molar-refractivity contribution in [3.8, 4) is 11.8 Å². The van der Waals surface area contributed by atoms with Gasteiger partial charge in [-0.05, 0) is 19.4 Å². The molecule has 2 aromatic rings. The van der Waals surface area contributed by atoms with Gasteiger partial charge in [-0.15, -0.1) is 12.4 Å². The third-order valence-corrected chi connectivity index (χ3v) is 3.99. The Morgan fingerprint density at radius 3 is 2.63 bits per heavy atom. The number of nitrogen functional groups attached to an aromatic ring is 1. The number of halogens is 3. The van der Waals surface area contributed by atoms with Crippen molar-refractivity contribution in [2.75, 3.05) is 12.3 Å². The molecule has 0 saturated heterocycles. The van der Waals surface area contributed by atoms with Gasteiger partial charge in [0, 0.05) is 24.2 Å². The Morgan fingerprint density at radius 2 is 2.04 bits per heavy atom. The lowest BCUT2D eigenvalue weighted by atomic mass is 10.0. The molecule has 148 valence electrons. The van der Waals surface area contributed by atoms with E-state index in [0.717, 1.165) is 0 Å². The first-order valence-corrected chi connectivity index (χ1v) is 8.50. The lowest BCUT2D eigenvalue weighted by Gasteiger charge is -2.23. The zero-order valence-electron chi connectivity index (χ0n) is 14.9. The fourth-order valence-electron chi connectivity index (χ4n) is 2.44. The van der Waals surface area contributed by atoms with Crippen LogP contribution in [-0.4, -0.2) is 29.0 Å². The van der Waals surface area contributed by atoms with Crippen molar-refractivity contribution >= 4 is 36.1 Å². The molecule has 1 heterocycles. The number of amides is 1. The van der Waals surface area contributed by atoms with Crippen LogP contribution in [0.2, 0.25) is 5.02 Å². The van der Waals surface area contributed by atoms with Crippen molar-refractivity contribution in [1.82, 2.24) is 20.6 Å². The molecule has 0 aliphatic rings. The largest absolute Gasteiger partial charge is 0.420 e. The molecule has 2 rings (SSSR count). The van der Waals surface area contributed by atoms with E-state index in [-0.39, 0.29) is 41.3 Å². The molecule has 0 radical (unpaired) electrons. The van der Waals surface area contributed by atoms with E-state index in [4.69, 9.17) is 22.1 Å². The van der Waals surface area contributed by atoms with Crippen molar-refractivity contribution in [3.05, 3.63) is 40.9 Å². The fraction of sp³-hybridized carbons (Fsp3) is 0.353. The number of carbonyl (C=O) groups is 1.